The van der Waals surface area contributed by atoms with E-state index < -0.39 is 29.7 Å². The number of benzene rings is 1. The molecule has 1 aromatic rings. The molecule has 7 nitrogen and oxygen atoms in total. The van der Waals surface area contributed by atoms with Crippen LogP contribution in [0.5, 0.6) is 0 Å². The number of ketones is 1. The molecule has 1 heterocycles. The Balaban J connectivity index is 1.66. The summed E-state index contributed by atoms with van der Waals surface area (Å²) in [5.74, 6) is -1.60. The van der Waals surface area contributed by atoms with Crippen LogP contribution in [0.1, 0.15) is 61.4 Å². The number of carbonyl (C=O) groups is 4. The van der Waals surface area contributed by atoms with Crippen LogP contribution in [0.25, 0.3) is 0 Å². The van der Waals surface area contributed by atoms with Gasteiger partial charge in [-0.3, -0.25) is 19.3 Å². The van der Waals surface area contributed by atoms with Gasteiger partial charge in [0, 0.05) is 19.0 Å². The van der Waals surface area contributed by atoms with E-state index in [0.717, 1.165) is 36.6 Å². The third-order valence-electron chi connectivity index (χ3n) is 5.65. The molecule has 29 heavy (non-hydrogen) atoms. The summed E-state index contributed by atoms with van der Waals surface area (Å²) in [7, 11) is 0. The summed E-state index contributed by atoms with van der Waals surface area (Å²) in [4.78, 5) is 49.7. The van der Waals surface area contributed by atoms with Gasteiger partial charge in [0.2, 0.25) is 5.91 Å². The Morgan fingerprint density at radius 1 is 1.17 bits per heavy atom. The highest BCUT2D eigenvalue weighted by atomic mass is 19.1. The number of imide groups is 1. The Labute approximate surface area is 169 Å². The van der Waals surface area contributed by atoms with E-state index >= 15 is 0 Å². The van der Waals surface area contributed by atoms with Crippen LogP contribution in [0.4, 0.5) is 9.18 Å². The second-order valence-electron chi connectivity index (χ2n) is 7.78. The molecule has 1 saturated carbocycles. The second kappa shape index (κ2) is 8.71. The van der Waals surface area contributed by atoms with Gasteiger partial charge in [0.1, 0.15) is 11.4 Å². The molecule has 2 aliphatic rings. The van der Waals surface area contributed by atoms with Crippen LogP contribution >= 0.6 is 0 Å². The minimum Gasteiger partial charge on any atom is -0.356 e. The molecule has 2 N–H and O–H groups in total. The first kappa shape index (κ1) is 21.0. The van der Waals surface area contributed by atoms with Gasteiger partial charge in [-0.2, -0.15) is 0 Å². The first-order valence-electron chi connectivity index (χ1n) is 10.0. The van der Waals surface area contributed by atoms with Gasteiger partial charge < -0.3 is 10.6 Å². The number of hydrogen-bond acceptors (Lipinski definition) is 4. The Morgan fingerprint density at radius 3 is 2.48 bits per heavy atom. The molecule has 1 aliphatic heterocycles. The van der Waals surface area contributed by atoms with E-state index in [-0.39, 0.29) is 17.4 Å². The number of urea groups is 1. The first-order valence-corrected chi connectivity index (χ1v) is 10.0. The van der Waals surface area contributed by atoms with Crippen LogP contribution in [0.15, 0.2) is 18.2 Å². The van der Waals surface area contributed by atoms with E-state index in [1.165, 1.54) is 19.1 Å². The molecule has 0 aromatic heterocycles. The van der Waals surface area contributed by atoms with E-state index in [9.17, 15) is 23.6 Å². The summed E-state index contributed by atoms with van der Waals surface area (Å²) < 4.78 is 14.3. The van der Waals surface area contributed by atoms with Gasteiger partial charge in [0.15, 0.2) is 5.78 Å². The Morgan fingerprint density at radius 2 is 1.86 bits per heavy atom. The van der Waals surface area contributed by atoms with Crippen molar-refractivity contribution in [2.75, 3.05) is 13.1 Å². The highest BCUT2D eigenvalue weighted by Gasteiger charge is 2.51. The average Bonchev–Trinajstić information content (AvgIpc) is 2.83. The van der Waals surface area contributed by atoms with Crippen molar-refractivity contribution in [1.82, 2.24) is 15.5 Å². The molecule has 1 saturated heterocycles. The lowest BCUT2D eigenvalue weighted by molar-refractivity contribution is -0.131. The van der Waals surface area contributed by atoms with Crippen LogP contribution < -0.4 is 10.6 Å². The summed E-state index contributed by atoms with van der Waals surface area (Å²) in [6, 6.07) is 3.53. The first-order chi connectivity index (χ1) is 13.8. The molecule has 1 aliphatic carbocycles. The highest BCUT2D eigenvalue weighted by molar-refractivity contribution is 6.11. The predicted molar refractivity (Wildman–Crippen MR) is 104 cm³/mol. The summed E-state index contributed by atoms with van der Waals surface area (Å²) in [5.41, 5.74) is -0.414. The van der Waals surface area contributed by atoms with Gasteiger partial charge in [-0.1, -0.05) is 37.8 Å². The van der Waals surface area contributed by atoms with Crippen molar-refractivity contribution in [3.8, 4) is 0 Å². The number of hydrogen-bond donors (Lipinski definition) is 2. The van der Waals surface area contributed by atoms with Gasteiger partial charge >= 0.3 is 6.03 Å². The standard InChI is InChI=1S/C21H26FN3O4/c1-14(26)23-11-8-15-6-7-16(12-17(15)22)18(27)13-25-19(28)21(24-20(25)29)9-4-2-3-5-10-21/h6-7,12H,2-5,8-11,13H2,1H3,(H,23,26)(H,24,29). The monoisotopic (exact) mass is 403 g/mol. The minimum atomic E-state index is -0.896. The van der Waals surface area contributed by atoms with E-state index in [1.807, 2.05) is 0 Å². The molecule has 1 spiro atoms. The van der Waals surface area contributed by atoms with Crippen LogP contribution in [0, 0.1) is 5.82 Å². The van der Waals surface area contributed by atoms with Crippen molar-refractivity contribution in [2.45, 2.75) is 57.4 Å². The maximum atomic E-state index is 14.3. The maximum absolute atomic E-state index is 14.3. The second-order valence-corrected chi connectivity index (χ2v) is 7.78. The Kier molecular flexibility index (Phi) is 6.30. The van der Waals surface area contributed by atoms with Crippen molar-refractivity contribution in [3.63, 3.8) is 0 Å². The Bertz CT molecular complexity index is 831. The molecule has 2 fully saturated rings. The van der Waals surface area contributed by atoms with Crippen LogP contribution in [-0.4, -0.2) is 47.2 Å². The van der Waals surface area contributed by atoms with Crippen molar-refractivity contribution < 1.29 is 23.6 Å². The quantitative estimate of drug-likeness (QED) is 0.563. The molecule has 0 radical (unpaired) electrons. The number of Topliss-reactive ketones (excluding diaryl/α,β-unsaturated/α-hetero) is 1. The van der Waals surface area contributed by atoms with Gasteiger partial charge in [-0.25, -0.2) is 9.18 Å². The predicted octanol–water partition coefficient (Wildman–Crippen LogP) is 2.33. The zero-order valence-corrected chi connectivity index (χ0v) is 16.6. The molecule has 3 rings (SSSR count). The van der Waals surface area contributed by atoms with Crippen molar-refractivity contribution >= 4 is 23.6 Å². The number of nitrogens with zero attached hydrogens (tertiary/aromatic N) is 1. The van der Waals surface area contributed by atoms with Crippen LogP contribution in [0.3, 0.4) is 0 Å². The topological polar surface area (TPSA) is 95.6 Å². The van der Waals surface area contributed by atoms with E-state index in [0.29, 0.717) is 31.4 Å². The normalized spacial score (nSPS) is 18.5. The number of rotatable bonds is 6. The van der Waals surface area contributed by atoms with Gasteiger partial charge in [0.05, 0.1) is 6.54 Å². The van der Waals surface area contributed by atoms with Crippen LogP contribution in [-0.2, 0) is 16.0 Å². The number of nitrogens with one attached hydrogen (secondary N) is 2. The van der Waals surface area contributed by atoms with Gasteiger partial charge in [0.25, 0.3) is 5.91 Å². The minimum absolute atomic E-state index is 0.105. The summed E-state index contributed by atoms with van der Waals surface area (Å²) in [6.07, 6.45) is 5.24. The summed E-state index contributed by atoms with van der Waals surface area (Å²) in [5, 5.41) is 5.38. The zero-order chi connectivity index (χ0) is 21.0. The van der Waals surface area contributed by atoms with E-state index in [4.69, 9.17) is 0 Å². The van der Waals surface area contributed by atoms with E-state index in [2.05, 4.69) is 10.6 Å². The lowest BCUT2D eigenvalue weighted by atomic mass is 9.90. The number of halogens is 1. The van der Waals surface area contributed by atoms with Crippen molar-refractivity contribution in [3.05, 3.63) is 35.1 Å². The van der Waals surface area contributed by atoms with E-state index in [1.54, 1.807) is 0 Å². The molecule has 1 aromatic carbocycles. The average molecular weight is 403 g/mol. The van der Waals surface area contributed by atoms with Crippen LogP contribution in [0.2, 0.25) is 0 Å². The molecule has 0 atom stereocenters. The van der Waals surface area contributed by atoms with Crippen molar-refractivity contribution in [1.29, 1.82) is 0 Å². The van der Waals surface area contributed by atoms with Crippen molar-refractivity contribution in [2.24, 2.45) is 0 Å². The molecule has 0 unspecified atom stereocenters. The van der Waals surface area contributed by atoms with Gasteiger partial charge in [-0.15, -0.1) is 0 Å². The lowest BCUT2D eigenvalue weighted by Crippen LogP contribution is -2.46. The molecular weight excluding hydrogens is 377 g/mol. The van der Waals surface area contributed by atoms with Gasteiger partial charge in [-0.05, 0) is 30.9 Å². The molecule has 8 heteroatoms. The molecular formula is C21H26FN3O4. The molecule has 0 bridgehead atoms. The third-order valence-corrected chi connectivity index (χ3v) is 5.65. The summed E-state index contributed by atoms with van der Waals surface area (Å²) in [6.45, 7) is 1.27. The highest BCUT2D eigenvalue weighted by Crippen LogP contribution is 2.32. The fraction of sp³-hybridized carbons (Fsp3) is 0.524. The Hall–Kier alpha value is -2.77. The maximum Gasteiger partial charge on any atom is 0.325 e. The fourth-order valence-electron chi connectivity index (χ4n) is 4.02. The molecule has 4 amide bonds. The summed E-state index contributed by atoms with van der Waals surface area (Å²) >= 11 is 0. The largest absolute Gasteiger partial charge is 0.356 e. The zero-order valence-electron chi connectivity index (χ0n) is 16.6. The number of amides is 4. The third kappa shape index (κ3) is 4.63. The lowest BCUT2D eigenvalue weighted by Gasteiger charge is -2.24. The smallest absolute Gasteiger partial charge is 0.325 e. The SMILES string of the molecule is CC(=O)NCCc1ccc(C(=O)CN2C(=O)NC3(CCCCCC3)C2=O)cc1F. The fourth-order valence-corrected chi connectivity index (χ4v) is 4.02. The molecule has 156 valence electrons. The number of carbonyl (C=O) groups excluding carboxylic acids is 4.